The Morgan fingerprint density at radius 2 is 2.17 bits per heavy atom. The number of benzene rings is 1. The molecule has 2 N–H and O–H groups in total. The second-order valence-electron chi connectivity index (χ2n) is 5.06. The number of aliphatic hydroxyl groups is 1. The average Bonchev–Trinajstić information content (AvgIpc) is 2.45. The van der Waals surface area contributed by atoms with Crippen LogP contribution in [0.4, 0.5) is 0 Å². The van der Waals surface area contributed by atoms with Gasteiger partial charge in [-0.1, -0.05) is 30.3 Å². The van der Waals surface area contributed by atoms with Crippen LogP contribution in [-0.4, -0.2) is 35.8 Å². The molecule has 1 saturated heterocycles. The Morgan fingerprint density at radius 3 is 2.83 bits per heavy atom. The summed E-state index contributed by atoms with van der Waals surface area (Å²) in [4.78, 5) is 0. The quantitative estimate of drug-likeness (QED) is 0.828. The third-order valence-electron chi connectivity index (χ3n) is 3.50. The van der Waals surface area contributed by atoms with Crippen molar-refractivity contribution < 1.29 is 5.11 Å². The highest BCUT2D eigenvalue weighted by Gasteiger charge is 2.15. The summed E-state index contributed by atoms with van der Waals surface area (Å²) in [5, 5.41) is 13.0. The van der Waals surface area contributed by atoms with Gasteiger partial charge in [-0.05, 0) is 48.8 Å². The molecule has 1 aliphatic rings. The molecule has 0 radical (unpaired) electrons. The number of rotatable bonds is 6. The van der Waals surface area contributed by atoms with Gasteiger partial charge in [-0.3, -0.25) is 0 Å². The molecular weight excluding hydrogens is 242 g/mol. The molecule has 1 aromatic carbocycles. The van der Waals surface area contributed by atoms with Gasteiger partial charge in [0.1, 0.15) is 0 Å². The lowest BCUT2D eigenvalue weighted by molar-refractivity contribution is 0.236. The minimum atomic E-state index is 0.194. The Labute approximate surface area is 114 Å². The molecule has 2 rings (SSSR count). The van der Waals surface area contributed by atoms with Gasteiger partial charge in [0.25, 0.3) is 0 Å². The second-order valence-corrected chi connectivity index (χ2v) is 6.21. The lowest BCUT2D eigenvalue weighted by atomic mass is 10.0. The van der Waals surface area contributed by atoms with Crippen molar-refractivity contribution in [3.63, 3.8) is 0 Å². The van der Waals surface area contributed by atoms with Crippen LogP contribution in [0.5, 0.6) is 0 Å². The van der Waals surface area contributed by atoms with Gasteiger partial charge in [-0.2, -0.15) is 11.8 Å². The molecule has 0 aliphatic carbocycles. The summed E-state index contributed by atoms with van der Waals surface area (Å²) in [5.74, 6) is 3.38. The van der Waals surface area contributed by atoms with E-state index in [4.69, 9.17) is 0 Å². The third-order valence-corrected chi connectivity index (χ3v) is 4.78. The van der Waals surface area contributed by atoms with Gasteiger partial charge in [0, 0.05) is 6.04 Å². The largest absolute Gasteiger partial charge is 0.395 e. The van der Waals surface area contributed by atoms with Crippen molar-refractivity contribution in [3.8, 4) is 0 Å². The zero-order chi connectivity index (χ0) is 12.6. The highest BCUT2D eigenvalue weighted by atomic mass is 32.2. The standard InChI is InChI=1S/C15H23NOS/c17-11-15(9-13-5-2-1-3-6-13)16-10-14-7-4-8-18-12-14/h1-3,5-6,14-17H,4,7-12H2/t14?,15-/m1/s1. The van der Waals surface area contributed by atoms with E-state index in [1.807, 2.05) is 6.07 Å². The maximum absolute atomic E-state index is 9.45. The molecular formula is C15H23NOS. The topological polar surface area (TPSA) is 32.3 Å². The van der Waals surface area contributed by atoms with Crippen molar-refractivity contribution >= 4 is 11.8 Å². The van der Waals surface area contributed by atoms with Crippen molar-refractivity contribution in [2.75, 3.05) is 24.7 Å². The molecule has 0 amide bonds. The molecule has 0 spiro atoms. The Hall–Kier alpha value is -0.510. The first kappa shape index (κ1) is 13.9. The van der Waals surface area contributed by atoms with E-state index in [-0.39, 0.29) is 12.6 Å². The average molecular weight is 265 g/mol. The fourth-order valence-corrected chi connectivity index (χ4v) is 3.56. The van der Waals surface area contributed by atoms with Gasteiger partial charge in [-0.25, -0.2) is 0 Å². The summed E-state index contributed by atoms with van der Waals surface area (Å²) >= 11 is 2.06. The van der Waals surface area contributed by atoms with E-state index >= 15 is 0 Å². The van der Waals surface area contributed by atoms with E-state index in [0.717, 1.165) is 18.9 Å². The predicted octanol–water partition coefficient (Wildman–Crippen LogP) is 2.32. The van der Waals surface area contributed by atoms with Gasteiger partial charge in [0.05, 0.1) is 6.61 Å². The summed E-state index contributed by atoms with van der Waals surface area (Å²) in [6, 6.07) is 10.6. The predicted molar refractivity (Wildman–Crippen MR) is 79.1 cm³/mol. The van der Waals surface area contributed by atoms with E-state index in [0.29, 0.717) is 0 Å². The smallest absolute Gasteiger partial charge is 0.0587 e. The first-order valence-corrected chi connectivity index (χ1v) is 8.00. The highest BCUT2D eigenvalue weighted by Crippen LogP contribution is 2.21. The minimum absolute atomic E-state index is 0.194. The maximum atomic E-state index is 9.45. The summed E-state index contributed by atoms with van der Waals surface area (Å²) in [6.45, 7) is 1.26. The molecule has 1 aromatic rings. The van der Waals surface area contributed by atoms with Gasteiger partial charge in [-0.15, -0.1) is 0 Å². The molecule has 100 valence electrons. The molecule has 2 atom stereocenters. The molecule has 2 nitrogen and oxygen atoms in total. The van der Waals surface area contributed by atoms with Crippen molar-refractivity contribution in [1.29, 1.82) is 0 Å². The van der Waals surface area contributed by atoms with Crippen LogP contribution in [0.25, 0.3) is 0 Å². The molecule has 1 aliphatic heterocycles. The fourth-order valence-electron chi connectivity index (χ4n) is 2.40. The van der Waals surface area contributed by atoms with E-state index in [9.17, 15) is 5.11 Å². The van der Waals surface area contributed by atoms with Crippen LogP contribution < -0.4 is 5.32 Å². The Balaban J connectivity index is 1.75. The Bertz CT molecular complexity index is 325. The van der Waals surface area contributed by atoms with Crippen molar-refractivity contribution in [2.24, 2.45) is 5.92 Å². The Kier molecular flexibility index (Phi) is 6.05. The zero-order valence-corrected chi connectivity index (χ0v) is 11.7. The van der Waals surface area contributed by atoms with Crippen LogP contribution in [-0.2, 0) is 6.42 Å². The maximum Gasteiger partial charge on any atom is 0.0587 e. The lowest BCUT2D eigenvalue weighted by Gasteiger charge is -2.24. The number of thioether (sulfide) groups is 1. The van der Waals surface area contributed by atoms with Gasteiger partial charge >= 0.3 is 0 Å². The van der Waals surface area contributed by atoms with Crippen LogP contribution in [0, 0.1) is 5.92 Å². The van der Waals surface area contributed by atoms with Crippen LogP contribution in [0.15, 0.2) is 30.3 Å². The number of hydrogen-bond donors (Lipinski definition) is 2. The molecule has 3 heteroatoms. The summed E-state index contributed by atoms with van der Waals surface area (Å²) < 4.78 is 0. The van der Waals surface area contributed by atoms with Crippen LogP contribution in [0.3, 0.4) is 0 Å². The molecule has 0 bridgehead atoms. The van der Waals surface area contributed by atoms with Crippen LogP contribution >= 0.6 is 11.8 Å². The minimum Gasteiger partial charge on any atom is -0.395 e. The number of hydrogen-bond acceptors (Lipinski definition) is 3. The van der Waals surface area contributed by atoms with E-state index in [2.05, 4.69) is 41.3 Å². The number of nitrogens with one attached hydrogen (secondary N) is 1. The molecule has 18 heavy (non-hydrogen) atoms. The highest BCUT2D eigenvalue weighted by molar-refractivity contribution is 7.99. The van der Waals surface area contributed by atoms with Crippen LogP contribution in [0.2, 0.25) is 0 Å². The van der Waals surface area contributed by atoms with Crippen LogP contribution in [0.1, 0.15) is 18.4 Å². The van der Waals surface area contributed by atoms with Crippen molar-refractivity contribution in [3.05, 3.63) is 35.9 Å². The Morgan fingerprint density at radius 1 is 1.33 bits per heavy atom. The summed E-state index contributed by atoms with van der Waals surface area (Å²) in [6.07, 6.45) is 3.60. The van der Waals surface area contributed by atoms with Gasteiger partial charge < -0.3 is 10.4 Å². The van der Waals surface area contributed by atoms with E-state index < -0.39 is 0 Å². The van der Waals surface area contributed by atoms with Crippen molar-refractivity contribution in [2.45, 2.75) is 25.3 Å². The van der Waals surface area contributed by atoms with Gasteiger partial charge in [0.15, 0.2) is 0 Å². The first-order chi connectivity index (χ1) is 8.88. The molecule has 1 heterocycles. The molecule has 1 unspecified atom stereocenters. The molecule has 1 fully saturated rings. The SMILES string of the molecule is OC[C@@H](Cc1ccccc1)NCC1CCCSC1. The normalized spacial score (nSPS) is 21.7. The van der Waals surface area contributed by atoms with E-state index in [1.54, 1.807) is 0 Å². The zero-order valence-electron chi connectivity index (χ0n) is 10.8. The van der Waals surface area contributed by atoms with Gasteiger partial charge in [0.2, 0.25) is 0 Å². The summed E-state index contributed by atoms with van der Waals surface area (Å²) in [5.41, 5.74) is 1.29. The fraction of sp³-hybridized carbons (Fsp3) is 0.600. The number of aliphatic hydroxyl groups excluding tert-OH is 1. The first-order valence-electron chi connectivity index (χ1n) is 6.84. The summed E-state index contributed by atoms with van der Waals surface area (Å²) in [7, 11) is 0. The molecule has 0 saturated carbocycles. The third kappa shape index (κ3) is 4.63. The second kappa shape index (κ2) is 7.82. The van der Waals surface area contributed by atoms with E-state index in [1.165, 1.54) is 29.9 Å². The molecule has 0 aromatic heterocycles. The lowest BCUT2D eigenvalue weighted by Crippen LogP contribution is -2.38. The van der Waals surface area contributed by atoms with Crippen molar-refractivity contribution in [1.82, 2.24) is 5.32 Å². The monoisotopic (exact) mass is 265 g/mol.